The molecule has 0 N–H and O–H groups in total. The van der Waals surface area contributed by atoms with Crippen LogP contribution < -0.4 is 0 Å². The maximum atomic E-state index is 11.9. The van der Waals surface area contributed by atoms with Gasteiger partial charge in [-0.2, -0.15) is 0 Å². The first-order valence-corrected chi connectivity index (χ1v) is 5.22. The zero-order chi connectivity index (χ0) is 8.34. The fourth-order valence-electron chi connectivity index (χ4n) is 4.16. The van der Waals surface area contributed by atoms with E-state index in [-0.39, 0.29) is 5.41 Å². The first-order chi connectivity index (χ1) is 5.67. The van der Waals surface area contributed by atoms with Gasteiger partial charge in [-0.15, -0.1) is 0 Å². The van der Waals surface area contributed by atoms with Crippen LogP contribution in [0.4, 0.5) is 0 Å². The van der Waals surface area contributed by atoms with E-state index in [1.54, 1.807) is 0 Å². The molecule has 4 fully saturated rings. The molecule has 4 saturated carbocycles. The molecule has 0 saturated heterocycles. The molecule has 2 unspecified atom stereocenters. The first kappa shape index (κ1) is 7.11. The van der Waals surface area contributed by atoms with E-state index >= 15 is 0 Å². The topological polar surface area (TPSA) is 17.1 Å². The molecule has 0 aromatic heterocycles. The second-order valence-corrected chi connectivity index (χ2v) is 5.47. The standard InChI is InChI=1S/C11H16O/c1-11-5-7-2-8(6-11)4-9(3-7)10(11)12/h7-9H,2-6H2,1H3/t7-,8+,9?,11?. The van der Waals surface area contributed by atoms with Gasteiger partial charge in [0.15, 0.2) is 0 Å². The summed E-state index contributed by atoms with van der Waals surface area (Å²) in [6.45, 7) is 2.21. The van der Waals surface area contributed by atoms with E-state index in [0.717, 1.165) is 11.8 Å². The van der Waals surface area contributed by atoms with Gasteiger partial charge in [0.25, 0.3) is 0 Å². The maximum Gasteiger partial charge on any atom is 0.141 e. The largest absolute Gasteiger partial charge is 0.299 e. The first-order valence-electron chi connectivity index (χ1n) is 5.22. The minimum atomic E-state index is 0.120. The molecular weight excluding hydrogens is 148 g/mol. The average Bonchev–Trinajstić information content (AvgIpc) is 1.98. The quantitative estimate of drug-likeness (QED) is 0.537. The third-order valence-electron chi connectivity index (χ3n) is 4.35. The Kier molecular flexibility index (Phi) is 1.15. The summed E-state index contributed by atoms with van der Waals surface area (Å²) in [5, 5.41) is 0. The van der Waals surface area contributed by atoms with Crippen molar-refractivity contribution >= 4 is 5.78 Å². The molecule has 4 aliphatic rings. The van der Waals surface area contributed by atoms with Gasteiger partial charge in [-0.25, -0.2) is 0 Å². The van der Waals surface area contributed by atoms with Gasteiger partial charge in [-0.1, -0.05) is 6.92 Å². The normalized spacial score (nSPS) is 56.4. The smallest absolute Gasteiger partial charge is 0.141 e. The summed E-state index contributed by atoms with van der Waals surface area (Å²) in [5.41, 5.74) is 0.120. The Labute approximate surface area is 73.5 Å². The highest BCUT2D eigenvalue weighted by Gasteiger charge is 2.53. The number of carbonyl (C=O) groups is 1. The van der Waals surface area contributed by atoms with Gasteiger partial charge in [-0.05, 0) is 43.9 Å². The molecule has 1 nitrogen and oxygen atoms in total. The van der Waals surface area contributed by atoms with E-state index in [0.29, 0.717) is 11.7 Å². The van der Waals surface area contributed by atoms with Crippen molar-refractivity contribution in [1.82, 2.24) is 0 Å². The van der Waals surface area contributed by atoms with Crippen molar-refractivity contribution in [2.45, 2.75) is 39.0 Å². The summed E-state index contributed by atoms with van der Waals surface area (Å²) >= 11 is 0. The van der Waals surface area contributed by atoms with Crippen LogP contribution in [0.2, 0.25) is 0 Å². The molecule has 0 heterocycles. The molecule has 0 amide bonds. The number of hydrogen-bond donors (Lipinski definition) is 0. The van der Waals surface area contributed by atoms with Crippen LogP contribution in [0.1, 0.15) is 39.0 Å². The van der Waals surface area contributed by atoms with Gasteiger partial charge in [0, 0.05) is 11.3 Å². The Hall–Kier alpha value is -0.330. The van der Waals surface area contributed by atoms with Crippen molar-refractivity contribution < 1.29 is 4.79 Å². The fraction of sp³-hybridized carbons (Fsp3) is 0.909. The van der Waals surface area contributed by atoms with Crippen molar-refractivity contribution in [2.75, 3.05) is 0 Å². The highest BCUT2D eigenvalue weighted by molar-refractivity contribution is 5.88. The van der Waals surface area contributed by atoms with Gasteiger partial charge >= 0.3 is 0 Å². The zero-order valence-electron chi connectivity index (χ0n) is 7.68. The van der Waals surface area contributed by atoms with Crippen LogP contribution in [0.15, 0.2) is 0 Å². The third kappa shape index (κ3) is 0.725. The Balaban J connectivity index is 2.02. The summed E-state index contributed by atoms with van der Waals surface area (Å²) in [5.74, 6) is 2.89. The lowest BCUT2D eigenvalue weighted by Crippen LogP contribution is -2.51. The number of hydrogen-bond acceptors (Lipinski definition) is 1. The van der Waals surface area contributed by atoms with E-state index in [1.807, 2.05) is 0 Å². The fourth-order valence-corrected chi connectivity index (χ4v) is 4.16. The number of carbonyl (C=O) groups excluding carboxylic acids is 1. The van der Waals surface area contributed by atoms with Crippen molar-refractivity contribution in [3.05, 3.63) is 0 Å². The molecule has 4 aliphatic carbocycles. The van der Waals surface area contributed by atoms with Crippen LogP contribution in [0.3, 0.4) is 0 Å². The van der Waals surface area contributed by atoms with E-state index in [1.165, 1.54) is 32.1 Å². The molecular formula is C11H16O. The lowest BCUT2D eigenvalue weighted by atomic mass is 9.50. The second-order valence-electron chi connectivity index (χ2n) is 5.47. The zero-order valence-corrected chi connectivity index (χ0v) is 7.68. The van der Waals surface area contributed by atoms with Gasteiger partial charge in [0.2, 0.25) is 0 Å². The molecule has 4 bridgehead atoms. The van der Waals surface area contributed by atoms with Crippen molar-refractivity contribution in [1.29, 1.82) is 0 Å². The van der Waals surface area contributed by atoms with Gasteiger partial charge < -0.3 is 0 Å². The van der Waals surface area contributed by atoms with E-state index < -0.39 is 0 Å². The van der Waals surface area contributed by atoms with E-state index in [2.05, 4.69) is 6.92 Å². The Bertz CT molecular complexity index is 229. The van der Waals surface area contributed by atoms with E-state index in [4.69, 9.17) is 0 Å². The van der Waals surface area contributed by atoms with Gasteiger partial charge in [0.05, 0.1) is 0 Å². The average molecular weight is 164 g/mol. The van der Waals surface area contributed by atoms with Crippen LogP contribution in [0.5, 0.6) is 0 Å². The maximum absolute atomic E-state index is 11.9. The molecule has 1 heteroatoms. The molecule has 66 valence electrons. The second kappa shape index (κ2) is 1.94. The van der Waals surface area contributed by atoms with Crippen LogP contribution >= 0.6 is 0 Å². The molecule has 0 aromatic rings. The molecule has 4 rings (SSSR count). The van der Waals surface area contributed by atoms with Crippen LogP contribution in [0, 0.1) is 23.2 Å². The number of ketones is 1. The summed E-state index contributed by atoms with van der Waals surface area (Å²) in [6.07, 6.45) is 6.30. The minimum Gasteiger partial charge on any atom is -0.299 e. The molecule has 0 aliphatic heterocycles. The number of Topliss-reactive ketones (excluding diaryl/α,β-unsaturated/α-hetero) is 1. The SMILES string of the molecule is CC12C[C@@H]3CC(C[C@@H](C3)C1)C2=O. The van der Waals surface area contributed by atoms with Gasteiger partial charge in [0.1, 0.15) is 5.78 Å². The van der Waals surface area contributed by atoms with Crippen molar-refractivity contribution in [3.8, 4) is 0 Å². The summed E-state index contributed by atoms with van der Waals surface area (Å²) in [6, 6.07) is 0. The lowest BCUT2D eigenvalue weighted by Gasteiger charge is -2.54. The summed E-state index contributed by atoms with van der Waals surface area (Å²) in [7, 11) is 0. The highest BCUT2D eigenvalue weighted by Crippen LogP contribution is 2.57. The Morgan fingerprint density at radius 3 is 2.25 bits per heavy atom. The monoisotopic (exact) mass is 164 g/mol. The van der Waals surface area contributed by atoms with E-state index in [9.17, 15) is 4.79 Å². The summed E-state index contributed by atoms with van der Waals surface area (Å²) < 4.78 is 0. The highest BCUT2D eigenvalue weighted by atomic mass is 16.1. The lowest BCUT2D eigenvalue weighted by molar-refractivity contribution is -0.150. The molecule has 0 radical (unpaired) electrons. The minimum absolute atomic E-state index is 0.120. The van der Waals surface area contributed by atoms with Crippen molar-refractivity contribution in [3.63, 3.8) is 0 Å². The van der Waals surface area contributed by atoms with Gasteiger partial charge in [-0.3, -0.25) is 4.79 Å². The molecule has 12 heavy (non-hydrogen) atoms. The molecule has 0 spiro atoms. The molecule has 4 atom stereocenters. The third-order valence-corrected chi connectivity index (χ3v) is 4.35. The van der Waals surface area contributed by atoms with Crippen LogP contribution in [-0.4, -0.2) is 5.78 Å². The molecule has 0 aromatic carbocycles. The Morgan fingerprint density at radius 2 is 1.75 bits per heavy atom. The Morgan fingerprint density at radius 1 is 1.17 bits per heavy atom. The number of rotatable bonds is 0. The predicted molar refractivity (Wildman–Crippen MR) is 46.7 cm³/mol. The van der Waals surface area contributed by atoms with Crippen LogP contribution in [0.25, 0.3) is 0 Å². The van der Waals surface area contributed by atoms with Crippen molar-refractivity contribution in [2.24, 2.45) is 23.2 Å². The summed E-state index contributed by atoms with van der Waals surface area (Å²) in [4.78, 5) is 11.9. The van der Waals surface area contributed by atoms with Crippen LogP contribution in [-0.2, 0) is 4.79 Å². The predicted octanol–water partition coefficient (Wildman–Crippen LogP) is 2.40.